The standard InChI is InChI=1S/C19H23Cl2N4/c1-3-9-25(14-6-7-14)19-18(22-12-23-19)16(11-24(25)4-2)15-8-5-13(20)10-17(15)21/h5,8,10-12,14H,3-4,6-7,9H2,1-2H3,(H,22,23)/q+1. The van der Waals surface area contributed by atoms with Gasteiger partial charge in [0.25, 0.3) is 5.82 Å². The number of quaternary nitrogens is 1. The van der Waals surface area contributed by atoms with E-state index in [0.29, 0.717) is 16.1 Å². The molecular formula is C19H23Cl2N4+. The number of H-pyrrole nitrogens is 1. The third-order valence-electron chi connectivity index (χ3n) is 5.26. The van der Waals surface area contributed by atoms with Gasteiger partial charge in [-0.05, 0) is 25.5 Å². The molecule has 0 amide bonds. The summed E-state index contributed by atoms with van der Waals surface area (Å²) in [7, 11) is 0. The second-order valence-corrected chi connectivity index (χ2v) is 7.65. The maximum Gasteiger partial charge on any atom is 0.258 e. The molecule has 1 aliphatic heterocycles. The first-order valence-corrected chi connectivity index (χ1v) is 9.73. The van der Waals surface area contributed by atoms with Crippen LogP contribution in [-0.2, 0) is 0 Å². The van der Waals surface area contributed by atoms with Crippen LogP contribution in [0.3, 0.4) is 0 Å². The highest BCUT2D eigenvalue weighted by Gasteiger charge is 2.54. The molecular weight excluding hydrogens is 355 g/mol. The van der Waals surface area contributed by atoms with Gasteiger partial charge in [-0.25, -0.2) is 9.99 Å². The topological polar surface area (TPSA) is 31.9 Å². The second-order valence-electron chi connectivity index (χ2n) is 6.80. The summed E-state index contributed by atoms with van der Waals surface area (Å²) in [6.45, 7) is 6.47. The predicted octanol–water partition coefficient (Wildman–Crippen LogP) is 5.24. The highest BCUT2D eigenvalue weighted by molar-refractivity contribution is 6.35. The summed E-state index contributed by atoms with van der Waals surface area (Å²) >= 11 is 12.6. The van der Waals surface area contributed by atoms with E-state index in [1.165, 1.54) is 18.7 Å². The normalized spacial score (nSPS) is 22.7. The summed E-state index contributed by atoms with van der Waals surface area (Å²) in [6.07, 6.45) is 7.70. The van der Waals surface area contributed by atoms with Crippen LogP contribution >= 0.6 is 23.2 Å². The van der Waals surface area contributed by atoms with Gasteiger partial charge in [0.1, 0.15) is 12.6 Å². The number of nitrogens with one attached hydrogen (secondary N) is 1. The Labute approximate surface area is 158 Å². The molecule has 132 valence electrons. The summed E-state index contributed by atoms with van der Waals surface area (Å²) in [5.74, 6) is 1.19. The molecule has 2 aliphatic rings. The molecule has 4 rings (SSSR count). The fourth-order valence-electron chi connectivity index (χ4n) is 4.13. The maximum atomic E-state index is 6.51. The molecule has 25 heavy (non-hydrogen) atoms. The van der Waals surface area contributed by atoms with Gasteiger partial charge in [0.05, 0.1) is 24.1 Å². The summed E-state index contributed by atoms with van der Waals surface area (Å²) in [4.78, 5) is 8.14. The molecule has 4 nitrogen and oxygen atoms in total. The number of aromatic amines is 1. The Morgan fingerprint density at radius 3 is 2.72 bits per heavy atom. The molecule has 1 aromatic carbocycles. The van der Waals surface area contributed by atoms with Gasteiger partial charge in [-0.2, -0.15) is 4.59 Å². The van der Waals surface area contributed by atoms with Crippen molar-refractivity contribution in [3.63, 3.8) is 0 Å². The zero-order valence-corrected chi connectivity index (χ0v) is 16.1. The average Bonchev–Trinajstić information content (AvgIpc) is 3.33. The van der Waals surface area contributed by atoms with Gasteiger partial charge >= 0.3 is 0 Å². The quantitative estimate of drug-likeness (QED) is 0.722. The van der Waals surface area contributed by atoms with Crippen LogP contribution in [0.15, 0.2) is 30.7 Å². The summed E-state index contributed by atoms with van der Waals surface area (Å²) in [5.41, 5.74) is 3.04. The number of imidazole rings is 1. The zero-order chi connectivity index (χ0) is 17.6. The van der Waals surface area contributed by atoms with Crippen molar-refractivity contribution in [1.82, 2.24) is 19.6 Å². The molecule has 0 spiro atoms. The molecule has 1 fully saturated rings. The summed E-state index contributed by atoms with van der Waals surface area (Å²) in [5, 5.41) is 3.75. The molecule has 1 atom stereocenters. The van der Waals surface area contributed by atoms with Crippen LogP contribution in [0.4, 0.5) is 5.82 Å². The second kappa shape index (κ2) is 6.35. The minimum Gasteiger partial charge on any atom is -0.298 e. The molecule has 0 saturated heterocycles. The SMILES string of the molecule is CCC[N+]1(C2CC2)c2[nH]cnc2C(c2ccc(Cl)cc2Cl)=CN1CC. The molecule has 1 aliphatic carbocycles. The van der Waals surface area contributed by atoms with E-state index in [1.807, 2.05) is 18.5 Å². The first-order valence-electron chi connectivity index (χ1n) is 8.98. The van der Waals surface area contributed by atoms with Crippen molar-refractivity contribution < 1.29 is 0 Å². The molecule has 1 unspecified atom stereocenters. The Bertz CT molecular complexity index is 825. The number of nitrogens with zero attached hydrogens (tertiary/aromatic N) is 3. The lowest BCUT2D eigenvalue weighted by atomic mass is 10.0. The number of halogens is 2. The maximum absolute atomic E-state index is 6.51. The molecule has 1 aromatic heterocycles. The van der Waals surface area contributed by atoms with Crippen LogP contribution in [0.2, 0.25) is 10.0 Å². The van der Waals surface area contributed by atoms with Crippen molar-refractivity contribution in [3.8, 4) is 0 Å². The van der Waals surface area contributed by atoms with Crippen molar-refractivity contribution in [2.45, 2.75) is 39.2 Å². The van der Waals surface area contributed by atoms with Crippen molar-refractivity contribution in [2.75, 3.05) is 13.1 Å². The Kier molecular flexibility index (Phi) is 4.30. The van der Waals surface area contributed by atoms with Crippen LogP contribution in [0.25, 0.3) is 5.57 Å². The average molecular weight is 378 g/mol. The fraction of sp³-hybridized carbons (Fsp3) is 0.421. The van der Waals surface area contributed by atoms with Gasteiger partial charge in [-0.15, -0.1) is 0 Å². The predicted molar refractivity (Wildman–Crippen MR) is 104 cm³/mol. The summed E-state index contributed by atoms with van der Waals surface area (Å²) in [6, 6.07) is 6.30. The number of benzene rings is 1. The van der Waals surface area contributed by atoms with Crippen LogP contribution in [0.5, 0.6) is 0 Å². The van der Waals surface area contributed by atoms with Gasteiger partial charge in [0, 0.05) is 29.0 Å². The van der Waals surface area contributed by atoms with E-state index >= 15 is 0 Å². The van der Waals surface area contributed by atoms with Gasteiger partial charge in [-0.3, -0.25) is 4.98 Å². The minimum absolute atomic E-state index is 0.637. The minimum atomic E-state index is 0.637. The smallest absolute Gasteiger partial charge is 0.258 e. The van der Waals surface area contributed by atoms with Gasteiger partial charge in [0.15, 0.2) is 5.69 Å². The van der Waals surface area contributed by atoms with Crippen molar-refractivity contribution in [3.05, 3.63) is 52.0 Å². The Hall–Kier alpha value is -1.49. The fourth-order valence-corrected chi connectivity index (χ4v) is 4.64. The van der Waals surface area contributed by atoms with Gasteiger partial charge in [0.2, 0.25) is 0 Å². The first kappa shape index (κ1) is 17.0. The van der Waals surface area contributed by atoms with E-state index in [2.05, 4.69) is 35.0 Å². The lowest BCUT2D eigenvalue weighted by molar-refractivity contribution is 0.0185. The van der Waals surface area contributed by atoms with Crippen LogP contribution in [0, 0.1) is 0 Å². The van der Waals surface area contributed by atoms with Crippen molar-refractivity contribution in [1.29, 1.82) is 0 Å². The molecule has 1 saturated carbocycles. The number of fused-ring (bicyclic) bond motifs is 1. The van der Waals surface area contributed by atoms with E-state index in [0.717, 1.165) is 40.9 Å². The highest BCUT2D eigenvalue weighted by Crippen LogP contribution is 2.47. The lowest BCUT2D eigenvalue weighted by Crippen LogP contribution is -2.63. The molecule has 1 N–H and O–H groups in total. The van der Waals surface area contributed by atoms with E-state index < -0.39 is 0 Å². The molecule has 0 radical (unpaired) electrons. The molecule has 2 heterocycles. The molecule has 2 aromatic rings. The number of rotatable bonds is 5. The zero-order valence-electron chi connectivity index (χ0n) is 14.6. The van der Waals surface area contributed by atoms with Crippen LogP contribution in [0.1, 0.15) is 44.4 Å². The van der Waals surface area contributed by atoms with Crippen LogP contribution in [-0.4, -0.2) is 34.1 Å². The Morgan fingerprint density at radius 2 is 2.08 bits per heavy atom. The van der Waals surface area contributed by atoms with E-state index in [4.69, 9.17) is 23.2 Å². The van der Waals surface area contributed by atoms with Crippen molar-refractivity contribution in [2.24, 2.45) is 0 Å². The van der Waals surface area contributed by atoms with Gasteiger partial charge < -0.3 is 0 Å². The largest absolute Gasteiger partial charge is 0.298 e. The number of hydrogen-bond acceptors (Lipinski definition) is 2. The number of aromatic nitrogens is 2. The Balaban J connectivity index is 1.90. The van der Waals surface area contributed by atoms with E-state index in [-0.39, 0.29) is 0 Å². The molecule has 0 bridgehead atoms. The lowest BCUT2D eigenvalue weighted by Gasteiger charge is -2.46. The van der Waals surface area contributed by atoms with E-state index in [1.54, 1.807) is 6.07 Å². The third-order valence-corrected chi connectivity index (χ3v) is 5.81. The Morgan fingerprint density at radius 1 is 1.28 bits per heavy atom. The van der Waals surface area contributed by atoms with Gasteiger partial charge in [-0.1, -0.05) is 36.2 Å². The van der Waals surface area contributed by atoms with E-state index in [9.17, 15) is 0 Å². The number of hydrogen-bond donors (Lipinski definition) is 1. The monoisotopic (exact) mass is 377 g/mol. The first-order chi connectivity index (χ1) is 12.1. The highest BCUT2D eigenvalue weighted by atomic mass is 35.5. The summed E-state index contributed by atoms with van der Waals surface area (Å²) < 4.78 is 0.858. The van der Waals surface area contributed by atoms with Crippen LogP contribution < -0.4 is 4.59 Å². The molecule has 6 heteroatoms. The third kappa shape index (κ3) is 2.59. The van der Waals surface area contributed by atoms with Crippen molar-refractivity contribution >= 4 is 34.6 Å².